The molecule has 0 bridgehead atoms. The molecule has 0 radical (unpaired) electrons. The van der Waals surface area contributed by atoms with E-state index in [0.29, 0.717) is 23.2 Å². The molecule has 1 amide bonds. The lowest BCUT2D eigenvalue weighted by molar-refractivity contribution is 0.0963. The maximum absolute atomic E-state index is 11.6. The summed E-state index contributed by atoms with van der Waals surface area (Å²) in [6.07, 6.45) is 1.06. The second-order valence-corrected chi connectivity index (χ2v) is 5.06. The number of nitrogen functional groups attached to an aromatic ring is 1. The van der Waals surface area contributed by atoms with Crippen molar-refractivity contribution in [2.45, 2.75) is 33.2 Å². The molecule has 1 aromatic carbocycles. The number of nitrogens with one attached hydrogen (secondary N) is 2. The second-order valence-electron chi connectivity index (χ2n) is 5.06. The molecular weight excluding hydrogens is 226 g/mol. The minimum atomic E-state index is -0.102. The standard InChI is InChI=1S/C14H23N3O/c1-9(2)7-10(3)17-13-8-11(14(18)16-4)5-6-12(13)15/h5-6,8-10,17H,7,15H2,1-4H3,(H,16,18). The summed E-state index contributed by atoms with van der Waals surface area (Å²) in [5.41, 5.74) is 8.02. The van der Waals surface area contributed by atoms with E-state index in [-0.39, 0.29) is 5.91 Å². The summed E-state index contributed by atoms with van der Waals surface area (Å²) in [6.45, 7) is 6.48. The number of nitrogens with two attached hydrogens (primary N) is 1. The Bertz CT molecular complexity index is 416. The highest BCUT2D eigenvalue weighted by atomic mass is 16.1. The van der Waals surface area contributed by atoms with Crippen molar-refractivity contribution in [1.29, 1.82) is 0 Å². The quantitative estimate of drug-likeness (QED) is 0.702. The molecule has 4 heteroatoms. The Morgan fingerprint density at radius 2 is 2.00 bits per heavy atom. The highest BCUT2D eigenvalue weighted by Crippen LogP contribution is 2.22. The molecule has 1 rings (SSSR count). The summed E-state index contributed by atoms with van der Waals surface area (Å²) in [5, 5.41) is 5.96. The first kappa shape index (κ1) is 14.4. The normalized spacial score (nSPS) is 12.3. The van der Waals surface area contributed by atoms with Crippen LogP contribution in [0.3, 0.4) is 0 Å². The molecule has 0 fully saturated rings. The fourth-order valence-electron chi connectivity index (χ4n) is 2.00. The lowest BCUT2D eigenvalue weighted by Gasteiger charge is -2.19. The molecule has 0 heterocycles. The summed E-state index contributed by atoms with van der Waals surface area (Å²) >= 11 is 0. The highest BCUT2D eigenvalue weighted by molar-refractivity contribution is 5.96. The maximum atomic E-state index is 11.6. The molecule has 0 saturated carbocycles. The zero-order valence-electron chi connectivity index (χ0n) is 11.6. The number of amides is 1. The Balaban J connectivity index is 2.84. The Morgan fingerprint density at radius 3 is 2.56 bits per heavy atom. The molecule has 18 heavy (non-hydrogen) atoms. The smallest absolute Gasteiger partial charge is 0.251 e. The van der Waals surface area contributed by atoms with Crippen molar-refractivity contribution in [2.24, 2.45) is 5.92 Å². The van der Waals surface area contributed by atoms with Crippen LogP contribution in [0.25, 0.3) is 0 Å². The molecule has 1 aromatic rings. The molecular formula is C14H23N3O. The lowest BCUT2D eigenvalue weighted by atomic mass is 10.0. The van der Waals surface area contributed by atoms with Gasteiger partial charge < -0.3 is 16.4 Å². The first-order valence-corrected chi connectivity index (χ1v) is 6.32. The summed E-state index contributed by atoms with van der Waals surface area (Å²) in [4.78, 5) is 11.6. The zero-order chi connectivity index (χ0) is 13.7. The van der Waals surface area contributed by atoms with Crippen LogP contribution >= 0.6 is 0 Å². The van der Waals surface area contributed by atoms with Gasteiger partial charge in [-0.15, -0.1) is 0 Å². The van der Waals surface area contributed by atoms with Gasteiger partial charge >= 0.3 is 0 Å². The van der Waals surface area contributed by atoms with Crippen LogP contribution in [0.4, 0.5) is 11.4 Å². The Labute approximate surface area is 109 Å². The Hall–Kier alpha value is -1.71. The van der Waals surface area contributed by atoms with E-state index >= 15 is 0 Å². The number of hydrogen-bond acceptors (Lipinski definition) is 3. The summed E-state index contributed by atoms with van der Waals surface area (Å²) in [5.74, 6) is 0.519. The Kier molecular flexibility index (Phi) is 5.01. The van der Waals surface area contributed by atoms with Gasteiger partial charge in [0.2, 0.25) is 0 Å². The van der Waals surface area contributed by atoms with Crippen LogP contribution in [-0.2, 0) is 0 Å². The van der Waals surface area contributed by atoms with Crippen LogP contribution < -0.4 is 16.4 Å². The third-order valence-corrected chi connectivity index (χ3v) is 2.77. The summed E-state index contributed by atoms with van der Waals surface area (Å²) < 4.78 is 0. The van der Waals surface area contributed by atoms with Crippen molar-refractivity contribution in [1.82, 2.24) is 5.32 Å². The topological polar surface area (TPSA) is 67.2 Å². The van der Waals surface area contributed by atoms with Crippen molar-refractivity contribution in [3.8, 4) is 0 Å². The van der Waals surface area contributed by atoms with E-state index in [0.717, 1.165) is 12.1 Å². The monoisotopic (exact) mass is 249 g/mol. The first-order valence-electron chi connectivity index (χ1n) is 6.32. The number of benzene rings is 1. The van der Waals surface area contributed by atoms with E-state index in [9.17, 15) is 4.79 Å². The third kappa shape index (κ3) is 3.95. The van der Waals surface area contributed by atoms with Crippen molar-refractivity contribution in [2.75, 3.05) is 18.1 Å². The molecule has 0 aliphatic rings. The molecule has 0 spiro atoms. The predicted molar refractivity (Wildman–Crippen MR) is 76.8 cm³/mol. The average Bonchev–Trinajstić information content (AvgIpc) is 2.30. The van der Waals surface area contributed by atoms with Gasteiger partial charge in [0.25, 0.3) is 5.91 Å². The van der Waals surface area contributed by atoms with E-state index in [1.54, 1.807) is 25.2 Å². The molecule has 0 aliphatic carbocycles. The number of carbonyl (C=O) groups excluding carboxylic acids is 1. The molecule has 0 aliphatic heterocycles. The largest absolute Gasteiger partial charge is 0.397 e. The van der Waals surface area contributed by atoms with Gasteiger partial charge in [0.1, 0.15) is 0 Å². The van der Waals surface area contributed by atoms with E-state index in [1.807, 2.05) is 0 Å². The number of hydrogen-bond donors (Lipinski definition) is 3. The Morgan fingerprint density at radius 1 is 1.33 bits per heavy atom. The van der Waals surface area contributed by atoms with Crippen molar-refractivity contribution >= 4 is 17.3 Å². The van der Waals surface area contributed by atoms with Crippen LogP contribution in [0, 0.1) is 5.92 Å². The highest BCUT2D eigenvalue weighted by Gasteiger charge is 2.10. The number of carbonyl (C=O) groups is 1. The molecule has 0 saturated heterocycles. The van der Waals surface area contributed by atoms with Gasteiger partial charge in [0.05, 0.1) is 11.4 Å². The fourth-order valence-corrected chi connectivity index (χ4v) is 2.00. The average molecular weight is 249 g/mol. The van der Waals surface area contributed by atoms with Gasteiger partial charge in [-0.3, -0.25) is 4.79 Å². The van der Waals surface area contributed by atoms with Crippen molar-refractivity contribution < 1.29 is 4.79 Å². The minimum absolute atomic E-state index is 0.102. The third-order valence-electron chi connectivity index (χ3n) is 2.77. The van der Waals surface area contributed by atoms with Crippen LogP contribution in [0.2, 0.25) is 0 Å². The molecule has 1 unspecified atom stereocenters. The first-order chi connectivity index (χ1) is 8.43. The minimum Gasteiger partial charge on any atom is -0.397 e. The maximum Gasteiger partial charge on any atom is 0.251 e. The van der Waals surface area contributed by atoms with Crippen LogP contribution in [-0.4, -0.2) is 19.0 Å². The number of anilines is 2. The predicted octanol–water partition coefficient (Wildman–Crippen LogP) is 2.47. The molecule has 4 N–H and O–H groups in total. The van der Waals surface area contributed by atoms with Gasteiger partial charge in [-0.25, -0.2) is 0 Å². The van der Waals surface area contributed by atoms with E-state index < -0.39 is 0 Å². The number of rotatable bonds is 5. The summed E-state index contributed by atoms with van der Waals surface area (Å²) in [6, 6.07) is 5.61. The van der Waals surface area contributed by atoms with E-state index in [2.05, 4.69) is 31.4 Å². The van der Waals surface area contributed by atoms with Crippen molar-refractivity contribution in [3.63, 3.8) is 0 Å². The molecule has 0 aromatic heterocycles. The zero-order valence-corrected chi connectivity index (χ0v) is 11.6. The van der Waals surface area contributed by atoms with Gasteiger partial charge in [0, 0.05) is 18.7 Å². The fraction of sp³-hybridized carbons (Fsp3) is 0.500. The van der Waals surface area contributed by atoms with Crippen LogP contribution in [0.1, 0.15) is 37.6 Å². The van der Waals surface area contributed by atoms with Crippen molar-refractivity contribution in [3.05, 3.63) is 23.8 Å². The van der Waals surface area contributed by atoms with Gasteiger partial charge in [-0.2, -0.15) is 0 Å². The van der Waals surface area contributed by atoms with Gasteiger partial charge in [0.15, 0.2) is 0 Å². The van der Waals surface area contributed by atoms with Crippen LogP contribution in [0.5, 0.6) is 0 Å². The second kappa shape index (κ2) is 6.28. The van der Waals surface area contributed by atoms with Gasteiger partial charge in [-0.1, -0.05) is 13.8 Å². The van der Waals surface area contributed by atoms with Crippen LogP contribution in [0.15, 0.2) is 18.2 Å². The molecule has 100 valence electrons. The SMILES string of the molecule is CNC(=O)c1ccc(N)c(NC(C)CC(C)C)c1. The lowest BCUT2D eigenvalue weighted by Crippen LogP contribution is -2.20. The van der Waals surface area contributed by atoms with Gasteiger partial charge in [-0.05, 0) is 37.5 Å². The molecule has 1 atom stereocenters. The van der Waals surface area contributed by atoms with E-state index in [1.165, 1.54) is 0 Å². The van der Waals surface area contributed by atoms with E-state index in [4.69, 9.17) is 5.73 Å². The molecule has 4 nitrogen and oxygen atoms in total. The summed E-state index contributed by atoms with van der Waals surface area (Å²) in [7, 11) is 1.62.